The average molecular weight is 365 g/mol. The van der Waals surface area contributed by atoms with Gasteiger partial charge in [-0.2, -0.15) is 0 Å². The molecule has 0 atom stereocenters. The van der Waals surface area contributed by atoms with E-state index >= 15 is 0 Å². The summed E-state index contributed by atoms with van der Waals surface area (Å²) in [5.74, 6) is 0.800. The number of fused-ring (bicyclic) bond motifs is 1. The van der Waals surface area contributed by atoms with Crippen LogP contribution in [0.25, 0.3) is 0 Å². The number of ether oxygens (including phenoxy) is 1. The monoisotopic (exact) mass is 365 g/mol. The maximum Gasteiger partial charge on any atom is 0.259 e. The molecule has 1 amide bonds. The second-order valence-corrected chi connectivity index (χ2v) is 5.42. The van der Waals surface area contributed by atoms with Crippen LogP contribution >= 0.6 is 22.6 Å². The first-order valence-corrected chi connectivity index (χ1v) is 7.13. The molecule has 0 spiro atoms. The molecule has 4 heteroatoms. The molecule has 0 bridgehead atoms. The molecule has 1 aliphatic rings. The third kappa shape index (κ3) is 2.32. The molecule has 19 heavy (non-hydrogen) atoms. The molecule has 96 valence electrons. The van der Waals surface area contributed by atoms with Crippen LogP contribution in [0.3, 0.4) is 0 Å². The van der Waals surface area contributed by atoms with Crippen molar-refractivity contribution in [2.75, 3.05) is 18.1 Å². The summed E-state index contributed by atoms with van der Waals surface area (Å²) < 4.78 is 6.54. The van der Waals surface area contributed by atoms with E-state index < -0.39 is 0 Å². The van der Waals surface area contributed by atoms with Crippen molar-refractivity contribution in [2.45, 2.75) is 0 Å². The zero-order valence-electron chi connectivity index (χ0n) is 10.2. The minimum absolute atomic E-state index is 0.0285. The van der Waals surface area contributed by atoms with Gasteiger partial charge in [-0.25, -0.2) is 0 Å². The van der Waals surface area contributed by atoms with Crippen LogP contribution in [0.5, 0.6) is 5.75 Å². The first-order valence-electron chi connectivity index (χ1n) is 6.05. The summed E-state index contributed by atoms with van der Waals surface area (Å²) in [5, 5.41) is 0. The Morgan fingerprint density at radius 3 is 2.68 bits per heavy atom. The van der Waals surface area contributed by atoms with Gasteiger partial charge >= 0.3 is 0 Å². The standard InChI is InChI=1S/C15H12INO2/c16-12-6-2-1-5-11(12)15(18)17-9-10-19-14-8-4-3-7-13(14)17/h1-8H,9-10H2. The summed E-state index contributed by atoms with van der Waals surface area (Å²) in [6, 6.07) is 15.3. The number of hydrogen-bond acceptors (Lipinski definition) is 2. The highest BCUT2D eigenvalue weighted by Crippen LogP contribution is 2.32. The molecule has 0 saturated carbocycles. The lowest BCUT2D eigenvalue weighted by atomic mass is 10.1. The van der Waals surface area contributed by atoms with E-state index in [1.807, 2.05) is 48.5 Å². The first-order chi connectivity index (χ1) is 9.27. The van der Waals surface area contributed by atoms with Gasteiger partial charge in [-0.15, -0.1) is 0 Å². The molecule has 3 nitrogen and oxygen atoms in total. The van der Waals surface area contributed by atoms with Crippen LogP contribution in [0.1, 0.15) is 10.4 Å². The maximum absolute atomic E-state index is 12.6. The van der Waals surface area contributed by atoms with Crippen LogP contribution in [0.15, 0.2) is 48.5 Å². The van der Waals surface area contributed by atoms with Gasteiger partial charge in [0.15, 0.2) is 0 Å². The Kier molecular flexibility index (Phi) is 3.42. The van der Waals surface area contributed by atoms with Gasteiger partial charge in [-0.1, -0.05) is 24.3 Å². The molecular formula is C15H12INO2. The van der Waals surface area contributed by atoms with Gasteiger partial charge in [-0.05, 0) is 46.9 Å². The molecule has 1 heterocycles. The highest BCUT2D eigenvalue weighted by Gasteiger charge is 2.25. The summed E-state index contributed by atoms with van der Waals surface area (Å²) in [6.07, 6.45) is 0. The third-order valence-corrected chi connectivity index (χ3v) is 4.02. The topological polar surface area (TPSA) is 29.5 Å². The number of benzene rings is 2. The number of hydrogen-bond donors (Lipinski definition) is 0. The van der Waals surface area contributed by atoms with Crippen LogP contribution in [-0.2, 0) is 0 Å². The highest BCUT2D eigenvalue weighted by atomic mass is 127. The molecule has 0 saturated heterocycles. The number of amides is 1. The molecule has 3 rings (SSSR count). The lowest BCUT2D eigenvalue weighted by molar-refractivity contribution is 0.0975. The number of carbonyl (C=O) groups excluding carboxylic acids is 1. The summed E-state index contributed by atoms with van der Waals surface area (Å²) in [7, 11) is 0. The van der Waals surface area contributed by atoms with E-state index in [0.29, 0.717) is 13.2 Å². The lowest BCUT2D eigenvalue weighted by Crippen LogP contribution is -2.38. The molecule has 1 aliphatic heterocycles. The Morgan fingerprint density at radius 1 is 1.11 bits per heavy atom. The summed E-state index contributed by atoms with van der Waals surface area (Å²) in [6.45, 7) is 1.12. The third-order valence-electron chi connectivity index (χ3n) is 3.08. The number of halogens is 1. The molecule has 2 aromatic carbocycles. The van der Waals surface area contributed by atoms with Crippen LogP contribution in [0.4, 0.5) is 5.69 Å². The number of para-hydroxylation sites is 2. The molecule has 2 aromatic rings. The second kappa shape index (κ2) is 5.21. The van der Waals surface area contributed by atoms with E-state index in [9.17, 15) is 4.79 Å². The van der Waals surface area contributed by atoms with E-state index in [0.717, 1.165) is 20.6 Å². The predicted molar refractivity (Wildman–Crippen MR) is 82.8 cm³/mol. The van der Waals surface area contributed by atoms with Gasteiger partial charge in [0.05, 0.1) is 17.8 Å². The molecular weight excluding hydrogens is 353 g/mol. The van der Waals surface area contributed by atoms with Crippen LogP contribution in [-0.4, -0.2) is 19.1 Å². The van der Waals surface area contributed by atoms with Gasteiger partial charge in [0, 0.05) is 3.57 Å². The number of rotatable bonds is 1. The highest BCUT2D eigenvalue weighted by molar-refractivity contribution is 14.1. The second-order valence-electron chi connectivity index (χ2n) is 4.25. The van der Waals surface area contributed by atoms with Gasteiger partial charge < -0.3 is 9.64 Å². The van der Waals surface area contributed by atoms with Crippen LogP contribution in [0, 0.1) is 3.57 Å². The van der Waals surface area contributed by atoms with Crippen molar-refractivity contribution >= 4 is 34.2 Å². The number of nitrogens with zero attached hydrogens (tertiary/aromatic N) is 1. The lowest BCUT2D eigenvalue weighted by Gasteiger charge is -2.29. The van der Waals surface area contributed by atoms with Crippen molar-refractivity contribution in [3.63, 3.8) is 0 Å². The van der Waals surface area contributed by atoms with Gasteiger partial charge in [0.1, 0.15) is 12.4 Å². The van der Waals surface area contributed by atoms with Crippen molar-refractivity contribution in [1.82, 2.24) is 0 Å². The van der Waals surface area contributed by atoms with Crippen molar-refractivity contribution in [1.29, 1.82) is 0 Å². The van der Waals surface area contributed by atoms with E-state index in [-0.39, 0.29) is 5.91 Å². The number of anilines is 1. The predicted octanol–water partition coefficient (Wildman–Crippen LogP) is 3.33. The molecule has 0 aromatic heterocycles. The van der Waals surface area contributed by atoms with Crippen LogP contribution < -0.4 is 9.64 Å². The molecule has 0 fully saturated rings. The fourth-order valence-corrected chi connectivity index (χ4v) is 2.78. The summed E-state index contributed by atoms with van der Waals surface area (Å²) in [4.78, 5) is 14.4. The van der Waals surface area contributed by atoms with E-state index in [2.05, 4.69) is 22.6 Å². The summed E-state index contributed by atoms with van der Waals surface area (Å²) >= 11 is 2.19. The fourth-order valence-electron chi connectivity index (χ4n) is 2.16. The number of carbonyl (C=O) groups is 1. The van der Waals surface area contributed by atoms with E-state index in [1.165, 1.54) is 0 Å². The van der Waals surface area contributed by atoms with Crippen LogP contribution in [0.2, 0.25) is 0 Å². The van der Waals surface area contributed by atoms with E-state index in [4.69, 9.17) is 4.74 Å². The van der Waals surface area contributed by atoms with Gasteiger partial charge in [0.2, 0.25) is 0 Å². The molecule has 0 N–H and O–H groups in total. The van der Waals surface area contributed by atoms with Crippen molar-refractivity contribution < 1.29 is 9.53 Å². The molecule has 0 aliphatic carbocycles. The Bertz CT molecular complexity index is 627. The van der Waals surface area contributed by atoms with Crippen molar-refractivity contribution in [3.8, 4) is 5.75 Å². The minimum atomic E-state index is 0.0285. The minimum Gasteiger partial charge on any atom is -0.490 e. The molecule has 0 radical (unpaired) electrons. The Balaban J connectivity index is 2.00. The Hall–Kier alpha value is -1.56. The molecule has 0 unspecified atom stereocenters. The normalized spacial score (nSPS) is 13.6. The average Bonchev–Trinajstić information content (AvgIpc) is 2.46. The quantitative estimate of drug-likeness (QED) is 0.726. The first kappa shape index (κ1) is 12.5. The largest absolute Gasteiger partial charge is 0.490 e. The van der Waals surface area contributed by atoms with Gasteiger partial charge in [0.25, 0.3) is 5.91 Å². The van der Waals surface area contributed by atoms with Crippen molar-refractivity contribution in [2.24, 2.45) is 0 Å². The Morgan fingerprint density at radius 2 is 1.84 bits per heavy atom. The smallest absolute Gasteiger partial charge is 0.259 e. The maximum atomic E-state index is 12.6. The van der Waals surface area contributed by atoms with Crippen molar-refractivity contribution in [3.05, 3.63) is 57.7 Å². The summed E-state index contributed by atoms with van der Waals surface area (Å²) in [5.41, 5.74) is 1.58. The zero-order valence-corrected chi connectivity index (χ0v) is 12.3. The SMILES string of the molecule is O=C(c1ccccc1I)N1CCOc2ccccc21. The Labute approximate surface area is 125 Å². The van der Waals surface area contributed by atoms with Gasteiger partial charge in [-0.3, -0.25) is 4.79 Å². The fraction of sp³-hybridized carbons (Fsp3) is 0.133. The zero-order chi connectivity index (χ0) is 13.2. The van der Waals surface area contributed by atoms with E-state index in [1.54, 1.807) is 4.90 Å².